The van der Waals surface area contributed by atoms with Gasteiger partial charge in [-0.3, -0.25) is 14.2 Å². The number of carboxylic acid groups (broad SMARTS) is 1. The number of nitrogens with zero attached hydrogens (tertiary/aromatic N) is 1. The molecule has 1 unspecified atom stereocenters. The van der Waals surface area contributed by atoms with Crippen LogP contribution in [0.5, 0.6) is 0 Å². The molecule has 22 heavy (non-hydrogen) atoms. The standard InChI is InChI=1S/C16H14FNO4/c1-9(10(2)19)18-14(11-3-5-12(17)6-4-11)8-7-13(15(18)20)16(21)22/h3-9H,1-2H3,(H,21,22). The van der Waals surface area contributed by atoms with E-state index >= 15 is 0 Å². The Morgan fingerprint density at radius 3 is 2.23 bits per heavy atom. The van der Waals surface area contributed by atoms with E-state index in [2.05, 4.69) is 0 Å². The Bertz CT molecular complexity index is 793. The molecule has 0 spiro atoms. The molecule has 6 heteroatoms. The van der Waals surface area contributed by atoms with Gasteiger partial charge in [-0.05, 0) is 55.8 Å². The second-order valence-corrected chi connectivity index (χ2v) is 4.91. The van der Waals surface area contributed by atoms with E-state index in [0.717, 1.165) is 4.57 Å². The normalized spacial score (nSPS) is 12.0. The maximum Gasteiger partial charge on any atom is 0.341 e. The Balaban J connectivity index is 2.76. The zero-order chi connectivity index (χ0) is 16.4. The Kier molecular flexibility index (Phi) is 4.21. The predicted octanol–water partition coefficient (Wildman–Crippen LogP) is 2.50. The molecule has 0 radical (unpaired) electrons. The van der Waals surface area contributed by atoms with Gasteiger partial charge in [-0.1, -0.05) is 0 Å². The number of Topliss-reactive ketones (excluding diaryl/α,β-unsaturated/α-hetero) is 1. The molecule has 0 saturated heterocycles. The summed E-state index contributed by atoms with van der Waals surface area (Å²) in [5.41, 5.74) is -0.308. The van der Waals surface area contributed by atoms with E-state index in [9.17, 15) is 18.8 Å². The number of ketones is 1. The molecule has 1 aromatic heterocycles. The van der Waals surface area contributed by atoms with E-state index in [0.29, 0.717) is 11.3 Å². The summed E-state index contributed by atoms with van der Waals surface area (Å²) in [4.78, 5) is 35.1. The molecule has 5 nitrogen and oxygen atoms in total. The van der Waals surface area contributed by atoms with Gasteiger partial charge in [0.25, 0.3) is 5.56 Å². The van der Waals surface area contributed by atoms with Crippen molar-refractivity contribution < 1.29 is 19.1 Å². The number of hydrogen-bond acceptors (Lipinski definition) is 3. The third-order valence-electron chi connectivity index (χ3n) is 3.46. The minimum atomic E-state index is -1.36. The molecule has 0 saturated carbocycles. The molecular weight excluding hydrogens is 289 g/mol. The molecule has 0 bridgehead atoms. The summed E-state index contributed by atoms with van der Waals surface area (Å²) in [7, 11) is 0. The van der Waals surface area contributed by atoms with Crippen molar-refractivity contribution in [1.82, 2.24) is 4.57 Å². The fourth-order valence-electron chi connectivity index (χ4n) is 2.14. The van der Waals surface area contributed by atoms with Crippen LogP contribution >= 0.6 is 0 Å². The zero-order valence-electron chi connectivity index (χ0n) is 12.0. The number of carbonyl (C=O) groups excluding carboxylic acids is 1. The van der Waals surface area contributed by atoms with Gasteiger partial charge in [0.05, 0.1) is 11.7 Å². The molecule has 0 amide bonds. The lowest BCUT2D eigenvalue weighted by Crippen LogP contribution is -2.32. The van der Waals surface area contributed by atoms with Crippen LogP contribution in [-0.4, -0.2) is 21.4 Å². The SMILES string of the molecule is CC(=O)C(C)n1c(-c2ccc(F)cc2)ccc(C(=O)O)c1=O. The van der Waals surface area contributed by atoms with Crippen LogP contribution in [-0.2, 0) is 4.79 Å². The number of benzene rings is 1. The molecule has 0 fully saturated rings. The van der Waals surface area contributed by atoms with E-state index in [1.807, 2.05) is 0 Å². The van der Waals surface area contributed by atoms with Crippen LogP contribution in [0.3, 0.4) is 0 Å². The molecule has 2 aromatic rings. The van der Waals surface area contributed by atoms with E-state index in [1.165, 1.54) is 50.2 Å². The third kappa shape index (κ3) is 2.81. The van der Waals surface area contributed by atoms with Gasteiger partial charge in [0, 0.05) is 0 Å². The summed E-state index contributed by atoms with van der Waals surface area (Å²) in [5, 5.41) is 9.06. The van der Waals surface area contributed by atoms with Crippen molar-refractivity contribution in [3.05, 3.63) is 58.1 Å². The highest BCUT2D eigenvalue weighted by Gasteiger charge is 2.21. The van der Waals surface area contributed by atoms with Gasteiger partial charge in [0.15, 0.2) is 5.78 Å². The van der Waals surface area contributed by atoms with E-state index < -0.39 is 29.0 Å². The number of carbonyl (C=O) groups is 2. The lowest BCUT2D eigenvalue weighted by molar-refractivity contribution is -0.119. The van der Waals surface area contributed by atoms with Crippen molar-refractivity contribution in [2.24, 2.45) is 0 Å². The van der Waals surface area contributed by atoms with Gasteiger partial charge in [-0.25, -0.2) is 9.18 Å². The van der Waals surface area contributed by atoms with Crippen LogP contribution in [0.1, 0.15) is 30.2 Å². The quantitative estimate of drug-likeness (QED) is 0.941. The van der Waals surface area contributed by atoms with Crippen LogP contribution in [0.15, 0.2) is 41.2 Å². The Hall–Kier alpha value is -2.76. The van der Waals surface area contributed by atoms with Crippen LogP contribution in [0.2, 0.25) is 0 Å². The Morgan fingerprint density at radius 2 is 1.73 bits per heavy atom. The molecule has 1 N–H and O–H groups in total. The monoisotopic (exact) mass is 303 g/mol. The molecule has 114 valence electrons. The first-order valence-electron chi connectivity index (χ1n) is 6.58. The fraction of sp³-hybridized carbons (Fsp3) is 0.188. The van der Waals surface area contributed by atoms with Gasteiger partial charge in [-0.2, -0.15) is 0 Å². The highest BCUT2D eigenvalue weighted by molar-refractivity contribution is 5.88. The number of halogens is 1. The maximum absolute atomic E-state index is 13.0. The zero-order valence-corrected chi connectivity index (χ0v) is 12.0. The molecular formula is C16H14FNO4. The Morgan fingerprint density at radius 1 is 1.14 bits per heavy atom. The second-order valence-electron chi connectivity index (χ2n) is 4.91. The van der Waals surface area contributed by atoms with Gasteiger partial charge in [-0.15, -0.1) is 0 Å². The van der Waals surface area contributed by atoms with Crippen molar-refractivity contribution >= 4 is 11.8 Å². The summed E-state index contributed by atoms with van der Waals surface area (Å²) < 4.78 is 14.2. The number of aromatic nitrogens is 1. The summed E-state index contributed by atoms with van der Waals surface area (Å²) in [5.74, 6) is -2.08. The van der Waals surface area contributed by atoms with E-state index in [-0.39, 0.29) is 5.78 Å². The maximum atomic E-state index is 13.0. The summed E-state index contributed by atoms with van der Waals surface area (Å²) in [6.07, 6.45) is 0. The van der Waals surface area contributed by atoms with Crippen LogP contribution in [0.4, 0.5) is 4.39 Å². The smallest absolute Gasteiger partial charge is 0.341 e. The molecule has 1 atom stereocenters. The highest BCUT2D eigenvalue weighted by atomic mass is 19.1. The fourth-order valence-corrected chi connectivity index (χ4v) is 2.14. The lowest BCUT2D eigenvalue weighted by Gasteiger charge is -2.18. The average molecular weight is 303 g/mol. The summed E-state index contributed by atoms with van der Waals surface area (Å²) in [6.45, 7) is 2.83. The van der Waals surface area contributed by atoms with E-state index in [1.54, 1.807) is 0 Å². The van der Waals surface area contributed by atoms with Crippen LogP contribution in [0, 0.1) is 5.82 Å². The number of aromatic carboxylic acids is 1. The first-order chi connectivity index (χ1) is 10.3. The van der Waals surface area contributed by atoms with Crippen molar-refractivity contribution in [2.75, 3.05) is 0 Å². The van der Waals surface area contributed by atoms with Gasteiger partial charge in [0.2, 0.25) is 0 Å². The van der Waals surface area contributed by atoms with Crippen molar-refractivity contribution in [3.8, 4) is 11.3 Å². The topological polar surface area (TPSA) is 76.4 Å². The van der Waals surface area contributed by atoms with Crippen LogP contribution < -0.4 is 5.56 Å². The van der Waals surface area contributed by atoms with Crippen LogP contribution in [0.25, 0.3) is 11.3 Å². The molecule has 0 aliphatic carbocycles. The summed E-state index contributed by atoms with van der Waals surface area (Å²) >= 11 is 0. The second kappa shape index (κ2) is 5.93. The summed E-state index contributed by atoms with van der Waals surface area (Å²) in [6, 6.07) is 7.19. The average Bonchev–Trinajstić information content (AvgIpc) is 2.46. The highest BCUT2D eigenvalue weighted by Crippen LogP contribution is 2.22. The first kappa shape index (κ1) is 15.6. The number of carboxylic acids is 1. The number of rotatable bonds is 4. The largest absolute Gasteiger partial charge is 0.477 e. The van der Waals surface area contributed by atoms with E-state index in [4.69, 9.17) is 5.11 Å². The van der Waals surface area contributed by atoms with Gasteiger partial charge in [0.1, 0.15) is 11.4 Å². The molecule has 1 aromatic carbocycles. The van der Waals surface area contributed by atoms with Crippen molar-refractivity contribution in [2.45, 2.75) is 19.9 Å². The number of pyridine rings is 1. The molecule has 1 heterocycles. The third-order valence-corrected chi connectivity index (χ3v) is 3.46. The molecule has 0 aliphatic rings. The predicted molar refractivity (Wildman–Crippen MR) is 78.4 cm³/mol. The minimum absolute atomic E-state index is 0.284. The van der Waals surface area contributed by atoms with Crippen molar-refractivity contribution in [1.29, 1.82) is 0 Å². The first-order valence-corrected chi connectivity index (χ1v) is 6.58. The van der Waals surface area contributed by atoms with Gasteiger partial charge < -0.3 is 5.11 Å². The number of hydrogen-bond donors (Lipinski definition) is 1. The van der Waals surface area contributed by atoms with Gasteiger partial charge >= 0.3 is 5.97 Å². The molecule has 0 aliphatic heterocycles. The molecule has 2 rings (SSSR count). The Labute approximate surface area is 125 Å². The van der Waals surface area contributed by atoms with Crippen molar-refractivity contribution in [3.63, 3.8) is 0 Å². The lowest BCUT2D eigenvalue weighted by atomic mass is 10.1. The minimum Gasteiger partial charge on any atom is -0.477 e.